The van der Waals surface area contributed by atoms with Gasteiger partial charge in [0, 0.05) is 12.7 Å². The first-order valence-electron chi connectivity index (χ1n) is 5.74. The number of thiazole rings is 1. The summed E-state index contributed by atoms with van der Waals surface area (Å²) in [6.45, 7) is 0. The molecule has 0 aliphatic rings. The normalized spacial score (nSPS) is 11.2. The summed E-state index contributed by atoms with van der Waals surface area (Å²) in [5, 5.41) is 5.70. The number of halogens is 3. The molecule has 0 spiro atoms. The van der Waals surface area contributed by atoms with E-state index in [0.717, 1.165) is 23.5 Å². The Kier molecular flexibility index (Phi) is 4.03. The van der Waals surface area contributed by atoms with Crippen molar-refractivity contribution in [3.05, 3.63) is 34.7 Å². The summed E-state index contributed by atoms with van der Waals surface area (Å²) in [6, 6.07) is 4.14. The van der Waals surface area contributed by atoms with E-state index in [1.807, 2.05) is 0 Å². The van der Waals surface area contributed by atoms with Gasteiger partial charge >= 0.3 is 6.18 Å². The number of carbonyl (C=O) groups excluding carboxylic acids is 1. The summed E-state index contributed by atoms with van der Waals surface area (Å²) >= 11 is 1.05. The highest BCUT2D eigenvalue weighted by molar-refractivity contribution is 7.18. The van der Waals surface area contributed by atoms with Gasteiger partial charge in [0.1, 0.15) is 10.7 Å². The van der Waals surface area contributed by atoms with Crippen LogP contribution >= 0.6 is 11.3 Å². The lowest BCUT2D eigenvalue weighted by molar-refractivity contribution is -0.137. The average molecular weight is 316 g/mol. The van der Waals surface area contributed by atoms with E-state index < -0.39 is 17.6 Å². The average Bonchev–Trinajstić information content (AvgIpc) is 2.80. The van der Waals surface area contributed by atoms with E-state index >= 15 is 0 Å². The van der Waals surface area contributed by atoms with Crippen LogP contribution in [0.2, 0.25) is 0 Å². The Labute approximate surface area is 122 Å². The SMILES string of the molecule is CNc1nc(N)c(C(=O)Nc2ccc(C(F)(F)F)cc2)s1. The van der Waals surface area contributed by atoms with Gasteiger partial charge in [-0.1, -0.05) is 11.3 Å². The number of rotatable bonds is 3. The number of hydrogen-bond donors (Lipinski definition) is 3. The molecule has 0 radical (unpaired) electrons. The van der Waals surface area contributed by atoms with Gasteiger partial charge in [-0.3, -0.25) is 4.79 Å². The minimum Gasteiger partial charge on any atom is -0.382 e. The summed E-state index contributed by atoms with van der Waals surface area (Å²) in [5.74, 6) is -0.458. The molecule has 5 nitrogen and oxygen atoms in total. The van der Waals surface area contributed by atoms with Crippen LogP contribution in [0.4, 0.5) is 29.8 Å². The van der Waals surface area contributed by atoms with Crippen molar-refractivity contribution in [2.45, 2.75) is 6.18 Å². The van der Waals surface area contributed by atoms with Gasteiger partial charge in [-0.2, -0.15) is 13.2 Å². The fraction of sp³-hybridized carbons (Fsp3) is 0.167. The van der Waals surface area contributed by atoms with Gasteiger partial charge < -0.3 is 16.4 Å². The van der Waals surface area contributed by atoms with Crippen molar-refractivity contribution < 1.29 is 18.0 Å². The van der Waals surface area contributed by atoms with Gasteiger partial charge in [-0.25, -0.2) is 4.98 Å². The zero-order valence-corrected chi connectivity index (χ0v) is 11.6. The summed E-state index contributed by atoms with van der Waals surface area (Å²) in [6.07, 6.45) is -4.41. The molecular formula is C12H11F3N4OS. The van der Waals surface area contributed by atoms with Crippen molar-refractivity contribution in [1.29, 1.82) is 0 Å². The highest BCUT2D eigenvalue weighted by Crippen LogP contribution is 2.30. The first-order chi connectivity index (χ1) is 9.81. The predicted octanol–water partition coefficient (Wildman–Crippen LogP) is 3.04. The summed E-state index contributed by atoms with van der Waals surface area (Å²) < 4.78 is 37.3. The van der Waals surface area contributed by atoms with Crippen LogP contribution in [0.15, 0.2) is 24.3 Å². The molecule has 4 N–H and O–H groups in total. The Morgan fingerprint density at radius 2 is 1.90 bits per heavy atom. The monoisotopic (exact) mass is 316 g/mol. The second-order valence-corrected chi connectivity index (χ2v) is 5.01. The smallest absolute Gasteiger partial charge is 0.382 e. The molecule has 2 aromatic rings. The highest BCUT2D eigenvalue weighted by atomic mass is 32.1. The summed E-state index contributed by atoms with van der Waals surface area (Å²) in [7, 11) is 1.63. The number of alkyl halides is 3. The van der Waals surface area contributed by atoms with Crippen LogP contribution in [0.1, 0.15) is 15.2 Å². The third-order valence-electron chi connectivity index (χ3n) is 2.54. The lowest BCUT2D eigenvalue weighted by atomic mass is 10.2. The van der Waals surface area contributed by atoms with Crippen molar-refractivity contribution in [2.24, 2.45) is 0 Å². The molecule has 1 aromatic heterocycles. The van der Waals surface area contributed by atoms with Crippen molar-refractivity contribution >= 4 is 33.9 Å². The van der Waals surface area contributed by atoms with Crippen LogP contribution in [-0.2, 0) is 6.18 Å². The lowest BCUT2D eigenvalue weighted by Crippen LogP contribution is -2.12. The first kappa shape index (κ1) is 15.1. The van der Waals surface area contributed by atoms with Crippen LogP contribution in [0.5, 0.6) is 0 Å². The summed E-state index contributed by atoms with van der Waals surface area (Å²) in [4.78, 5) is 16.1. The molecule has 2 rings (SSSR count). The van der Waals surface area contributed by atoms with Gasteiger partial charge in [0.2, 0.25) is 0 Å². The molecule has 0 saturated heterocycles. The minimum atomic E-state index is -4.41. The molecule has 0 fully saturated rings. The number of nitrogens with one attached hydrogen (secondary N) is 2. The number of hydrogen-bond acceptors (Lipinski definition) is 5. The molecule has 1 heterocycles. The Morgan fingerprint density at radius 1 is 1.29 bits per heavy atom. The van der Waals surface area contributed by atoms with Crippen molar-refractivity contribution in [3.8, 4) is 0 Å². The Hall–Kier alpha value is -2.29. The predicted molar refractivity (Wildman–Crippen MR) is 75.5 cm³/mol. The van der Waals surface area contributed by atoms with E-state index in [1.54, 1.807) is 7.05 Å². The number of nitrogen functional groups attached to an aromatic ring is 1. The van der Waals surface area contributed by atoms with E-state index in [1.165, 1.54) is 12.1 Å². The topological polar surface area (TPSA) is 80.0 Å². The third kappa shape index (κ3) is 3.43. The van der Waals surface area contributed by atoms with Gasteiger partial charge in [0.25, 0.3) is 5.91 Å². The highest BCUT2D eigenvalue weighted by Gasteiger charge is 2.30. The molecule has 0 bridgehead atoms. The summed E-state index contributed by atoms with van der Waals surface area (Å²) in [5.41, 5.74) is 5.06. The molecule has 0 aliphatic carbocycles. The van der Waals surface area contributed by atoms with Crippen molar-refractivity contribution in [1.82, 2.24) is 4.98 Å². The lowest BCUT2D eigenvalue weighted by Gasteiger charge is -2.08. The van der Waals surface area contributed by atoms with Crippen LogP contribution in [0.3, 0.4) is 0 Å². The molecule has 0 saturated carbocycles. The van der Waals surface area contributed by atoms with Gasteiger partial charge in [0.05, 0.1) is 5.56 Å². The van der Waals surface area contributed by atoms with Crippen LogP contribution in [0.25, 0.3) is 0 Å². The molecule has 9 heteroatoms. The fourth-order valence-electron chi connectivity index (χ4n) is 1.53. The maximum Gasteiger partial charge on any atom is 0.416 e. The van der Waals surface area contributed by atoms with Crippen molar-refractivity contribution in [2.75, 3.05) is 23.4 Å². The molecule has 0 aliphatic heterocycles. The van der Waals surface area contributed by atoms with Crippen LogP contribution in [0, 0.1) is 0 Å². The zero-order chi connectivity index (χ0) is 15.6. The first-order valence-corrected chi connectivity index (χ1v) is 6.55. The fourth-order valence-corrected chi connectivity index (χ4v) is 2.27. The third-order valence-corrected chi connectivity index (χ3v) is 3.63. The standard InChI is InChI=1S/C12H11F3N4OS/c1-17-11-19-9(16)8(21-11)10(20)18-7-4-2-6(3-5-7)12(13,14)15/h2-5H,16H2,1H3,(H,17,19)(H,18,20). The second kappa shape index (κ2) is 5.60. The van der Waals surface area contributed by atoms with Crippen molar-refractivity contribution in [3.63, 3.8) is 0 Å². The molecule has 1 amide bonds. The second-order valence-electron chi connectivity index (χ2n) is 4.01. The number of amides is 1. The van der Waals surface area contributed by atoms with E-state index in [9.17, 15) is 18.0 Å². The number of nitrogens with zero attached hydrogens (tertiary/aromatic N) is 1. The number of carbonyl (C=O) groups is 1. The Balaban J connectivity index is 2.14. The van der Waals surface area contributed by atoms with Gasteiger partial charge in [-0.15, -0.1) is 0 Å². The van der Waals surface area contributed by atoms with E-state index in [4.69, 9.17) is 5.73 Å². The molecule has 112 valence electrons. The number of aromatic nitrogens is 1. The Morgan fingerprint density at radius 3 is 2.38 bits per heavy atom. The Bertz CT molecular complexity index is 652. The van der Waals surface area contributed by atoms with Crippen LogP contribution in [-0.4, -0.2) is 17.9 Å². The maximum absolute atomic E-state index is 12.4. The number of anilines is 3. The van der Waals surface area contributed by atoms with Gasteiger partial charge in [-0.05, 0) is 24.3 Å². The van der Waals surface area contributed by atoms with E-state index in [-0.39, 0.29) is 16.4 Å². The molecular weight excluding hydrogens is 305 g/mol. The maximum atomic E-state index is 12.4. The molecule has 1 aromatic carbocycles. The van der Waals surface area contributed by atoms with E-state index in [2.05, 4.69) is 15.6 Å². The minimum absolute atomic E-state index is 0.0637. The molecule has 0 atom stereocenters. The van der Waals surface area contributed by atoms with Gasteiger partial charge in [0.15, 0.2) is 5.13 Å². The number of nitrogens with two attached hydrogens (primary N) is 1. The largest absolute Gasteiger partial charge is 0.416 e. The van der Waals surface area contributed by atoms with Crippen LogP contribution < -0.4 is 16.4 Å². The quantitative estimate of drug-likeness (QED) is 0.813. The number of benzene rings is 1. The van der Waals surface area contributed by atoms with E-state index in [0.29, 0.717) is 5.13 Å². The molecule has 0 unspecified atom stereocenters. The zero-order valence-electron chi connectivity index (χ0n) is 10.8. The molecule has 21 heavy (non-hydrogen) atoms.